The van der Waals surface area contributed by atoms with Crippen LogP contribution in [0.15, 0.2) is 164 Å². The van der Waals surface area contributed by atoms with Gasteiger partial charge in [-0.05, 0) is 93.6 Å². The largest absolute Gasteiger partial charge is 0.309 e. The highest BCUT2D eigenvalue weighted by Gasteiger charge is 2.30. The Hall–Kier alpha value is -5.86. The van der Waals surface area contributed by atoms with Gasteiger partial charge in [-0.1, -0.05) is 150 Å². The van der Waals surface area contributed by atoms with Gasteiger partial charge in [-0.25, -0.2) is 0 Å². The van der Waals surface area contributed by atoms with Crippen molar-refractivity contribution in [3.05, 3.63) is 180 Å². The number of benzene rings is 7. The van der Waals surface area contributed by atoms with Crippen molar-refractivity contribution in [2.24, 2.45) is 0 Å². The quantitative estimate of drug-likeness (QED) is 0.166. The molecule has 0 N–H and O–H groups in total. The molecule has 7 aromatic carbocycles. The first-order valence-electron chi connectivity index (χ1n) is 18.5. The molecule has 0 aliphatic heterocycles. The van der Waals surface area contributed by atoms with Gasteiger partial charge in [-0.15, -0.1) is 0 Å². The summed E-state index contributed by atoms with van der Waals surface area (Å²) < 4.78 is 4.91. The summed E-state index contributed by atoms with van der Waals surface area (Å²) in [5, 5.41) is 5.28. The molecular weight excluding hydrogens is 629 g/mol. The molecule has 2 aromatic heterocycles. The fourth-order valence-corrected chi connectivity index (χ4v) is 8.80. The third-order valence-corrected chi connectivity index (χ3v) is 10.9. The summed E-state index contributed by atoms with van der Waals surface area (Å²) >= 11 is 0. The van der Waals surface area contributed by atoms with Crippen LogP contribution in [0.25, 0.3) is 66.1 Å². The van der Waals surface area contributed by atoms with E-state index < -0.39 is 0 Å². The lowest BCUT2D eigenvalue weighted by atomic mass is 9.74. The Morgan fingerprint density at radius 1 is 0.442 bits per heavy atom. The molecule has 0 amide bonds. The molecule has 0 fully saturated rings. The van der Waals surface area contributed by atoms with E-state index in [9.17, 15) is 0 Å². The molecule has 0 saturated carbocycles. The minimum atomic E-state index is -0.213. The molecule has 0 spiro atoms. The molecule has 2 heterocycles. The summed E-state index contributed by atoms with van der Waals surface area (Å²) in [6, 6.07) is 60.3. The molecule has 254 valence electrons. The second-order valence-corrected chi connectivity index (χ2v) is 16.0. The Bertz CT molecular complexity index is 2750. The van der Waals surface area contributed by atoms with Crippen molar-refractivity contribution in [1.82, 2.24) is 9.13 Å². The van der Waals surface area contributed by atoms with Gasteiger partial charge in [0.25, 0.3) is 0 Å². The zero-order chi connectivity index (χ0) is 35.6. The monoisotopic (exact) mass is 672 g/mol. The lowest BCUT2D eigenvalue weighted by Gasteiger charge is -2.30. The second-order valence-electron chi connectivity index (χ2n) is 16.0. The molecule has 9 aromatic rings. The fourth-order valence-electron chi connectivity index (χ4n) is 8.80. The van der Waals surface area contributed by atoms with Crippen LogP contribution in [0.5, 0.6) is 0 Å². The number of hydrogen-bond acceptors (Lipinski definition) is 0. The SMILES string of the molecule is CC(C)(C)c1cccc2c1c1ccccc1n2-c1cccc(CC(C)(C)c2c(-c3ccccc3)ccc3c2c2ccccc2n3-c2ccccc2)c1. The number of aromatic nitrogens is 2. The molecule has 0 aliphatic rings. The molecule has 9 rings (SSSR count). The highest BCUT2D eigenvalue weighted by atomic mass is 15.0. The van der Waals surface area contributed by atoms with Gasteiger partial charge in [0.1, 0.15) is 0 Å². The molecule has 0 atom stereocenters. The number of fused-ring (bicyclic) bond motifs is 6. The smallest absolute Gasteiger partial charge is 0.0544 e. The first-order chi connectivity index (χ1) is 25.2. The van der Waals surface area contributed by atoms with E-state index in [0.29, 0.717) is 0 Å². The van der Waals surface area contributed by atoms with E-state index in [1.165, 1.54) is 82.8 Å². The Morgan fingerprint density at radius 3 is 1.67 bits per heavy atom. The van der Waals surface area contributed by atoms with Crippen molar-refractivity contribution in [3.8, 4) is 22.5 Å². The van der Waals surface area contributed by atoms with Gasteiger partial charge >= 0.3 is 0 Å². The molecular formula is C50H44N2. The maximum atomic E-state index is 2.47. The van der Waals surface area contributed by atoms with Crippen LogP contribution in [0, 0.1) is 0 Å². The number of hydrogen-bond donors (Lipinski definition) is 0. The average Bonchev–Trinajstić information content (AvgIpc) is 3.68. The predicted octanol–water partition coefficient (Wildman–Crippen LogP) is 13.4. The van der Waals surface area contributed by atoms with Gasteiger partial charge in [-0.2, -0.15) is 0 Å². The van der Waals surface area contributed by atoms with Crippen LogP contribution < -0.4 is 0 Å². The van der Waals surface area contributed by atoms with E-state index in [-0.39, 0.29) is 10.8 Å². The van der Waals surface area contributed by atoms with E-state index in [0.717, 1.165) is 6.42 Å². The summed E-state index contributed by atoms with van der Waals surface area (Å²) in [5.41, 5.74) is 13.8. The van der Waals surface area contributed by atoms with Crippen molar-refractivity contribution in [3.63, 3.8) is 0 Å². The van der Waals surface area contributed by atoms with Crippen molar-refractivity contribution in [2.75, 3.05) is 0 Å². The van der Waals surface area contributed by atoms with Gasteiger partial charge < -0.3 is 9.13 Å². The van der Waals surface area contributed by atoms with E-state index in [4.69, 9.17) is 0 Å². The Labute approximate surface area is 306 Å². The van der Waals surface area contributed by atoms with Crippen molar-refractivity contribution < 1.29 is 0 Å². The van der Waals surface area contributed by atoms with Gasteiger partial charge in [0.05, 0.1) is 22.1 Å². The van der Waals surface area contributed by atoms with Gasteiger partial charge in [-0.3, -0.25) is 0 Å². The number of para-hydroxylation sites is 3. The normalized spacial score (nSPS) is 12.4. The summed E-state index contributed by atoms with van der Waals surface area (Å²) in [6.07, 6.45) is 0.884. The summed E-state index contributed by atoms with van der Waals surface area (Å²) in [4.78, 5) is 0. The Kier molecular flexibility index (Phi) is 7.48. The molecule has 52 heavy (non-hydrogen) atoms. The Balaban J connectivity index is 1.25. The molecule has 0 radical (unpaired) electrons. The third-order valence-electron chi connectivity index (χ3n) is 10.9. The third kappa shape index (κ3) is 5.16. The standard InChI is InChI=1S/C50H44N2/c1-49(2,3)41-26-17-29-44-46(41)39-24-12-14-27-42(39)52(44)37-23-16-18-34(32-37)33-50(4,5)48-38(35-19-8-6-9-20-35)30-31-45-47(48)40-25-13-15-28-43(40)51(45)36-21-10-7-11-22-36/h6-32H,33H2,1-5H3. The highest BCUT2D eigenvalue weighted by molar-refractivity contribution is 6.13. The average molecular weight is 673 g/mol. The molecule has 0 saturated heterocycles. The van der Waals surface area contributed by atoms with Crippen molar-refractivity contribution in [2.45, 2.75) is 51.9 Å². The second kappa shape index (κ2) is 12.1. The number of nitrogens with zero attached hydrogens (tertiary/aromatic N) is 2. The van der Waals surface area contributed by atoms with Gasteiger partial charge in [0.15, 0.2) is 0 Å². The van der Waals surface area contributed by atoms with Crippen LogP contribution in [-0.2, 0) is 17.3 Å². The van der Waals surface area contributed by atoms with E-state index in [1.54, 1.807) is 0 Å². The van der Waals surface area contributed by atoms with Gasteiger partial charge in [0.2, 0.25) is 0 Å². The van der Waals surface area contributed by atoms with Crippen LogP contribution in [0.4, 0.5) is 0 Å². The zero-order valence-corrected chi connectivity index (χ0v) is 30.7. The summed E-state index contributed by atoms with van der Waals surface area (Å²) in [6.45, 7) is 11.8. The maximum absolute atomic E-state index is 2.47. The van der Waals surface area contributed by atoms with E-state index in [2.05, 4.69) is 208 Å². The topological polar surface area (TPSA) is 9.86 Å². The van der Waals surface area contributed by atoms with Gasteiger partial charge in [0, 0.05) is 32.9 Å². The predicted molar refractivity (Wildman–Crippen MR) is 222 cm³/mol. The first kappa shape index (κ1) is 32.1. The number of rotatable bonds is 6. The molecule has 2 nitrogen and oxygen atoms in total. The fraction of sp³-hybridized carbons (Fsp3) is 0.160. The summed E-state index contributed by atoms with van der Waals surface area (Å²) in [5.74, 6) is 0. The van der Waals surface area contributed by atoms with Crippen LogP contribution in [-0.4, -0.2) is 9.13 Å². The summed E-state index contributed by atoms with van der Waals surface area (Å²) in [7, 11) is 0. The van der Waals surface area contributed by atoms with E-state index >= 15 is 0 Å². The molecule has 2 heteroatoms. The van der Waals surface area contributed by atoms with Crippen molar-refractivity contribution >= 4 is 43.6 Å². The maximum Gasteiger partial charge on any atom is 0.0544 e. The lowest BCUT2D eigenvalue weighted by molar-refractivity contribution is 0.528. The molecule has 0 bridgehead atoms. The van der Waals surface area contributed by atoms with E-state index in [1.807, 2.05) is 0 Å². The molecule has 0 unspecified atom stereocenters. The zero-order valence-electron chi connectivity index (χ0n) is 30.7. The first-order valence-corrected chi connectivity index (χ1v) is 18.5. The highest BCUT2D eigenvalue weighted by Crippen LogP contribution is 2.45. The van der Waals surface area contributed by atoms with Crippen LogP contribution >= 0.6 is 0 Å². The lowest BCUT2D eigenvalue weighted by Crippen LogP contribution is -2.22. The van der Waals surface area contributed by atoms with Crippen molar-refractivity contribution in [1.29, 1.82) is 0 Å². The minimum absolute atomic E-state index is 0.0292. The minimum Gasteiger partial charge on any atom is -0.309 e. The van der Waals surface area contributed by atoms with Crippen LogP contribution in [0.3, 0.4) is 0 Å². The Morgan fingerprint density at radius 2 is 0.981 bits per heavy atom. The molecule has 0 aliphatic carbocycles. The van der Waals surface area contributed by atoms with Crippen LogP contribution in [0.1, 0.15) is 51.3 Å². The van der Waals surface area contributed by atoms with Crippen LogP contribution in [0.2, 0.25) is 0 Å².